The van der Waals surface area contributed by atoms with Gasteiger partial charge in [0.25, 0.3) is 0 Å². The quantitative estimate of drug-likeness (QED) is 0.422. The zero-order valence-corrected chi connectivity index (χ0v) is 7.88. The molecule has 0 saturated carbocycles. The molecular formula is C10H9NO4. The van der Waals surface area contributed by atoms with Crippen molar-refractivity contribution in [3.05, 3.63) is 41.0 Å². The normalized spacial score (nSPS) is 18.3. The standard InChI is InChI=1S/C10H9NO4/c1-2-7-6-14-9-5-3-4-8(11(12)13)10(9)15-7/h2-5,7H,1,6H2. The molecule has 2 rings (SSSR count). The van der Waals surface area contributed by atoms with Crippen LogP contribution in [0.2, 0.25) is 0 Å². The predicted octanol–water partition coefficient (Wildman–Crippen LogP) is 1.92. The number of hydrogen-bond donors (Lipinski definition) is 0. The Kier molecular flexibility index (Phi) is 2.29. The van der Waals surface area contributed by atoms with Gasteiger partial charge in [0, 0.05) is 6.07 Å². The number of fused-ring (bicyclic) bond motifs is 1. The highest BCUT2D eigenvalue weighted by molar-refractivity contribution is 5.56. The Balaban J connectivity index is 2.45. The molecule has 78 valence electrons. The van der Waals surface area contributed by atoms with Crippen molar-refractivity contribution in [2.24, 2.45) is 0 Å². The molecule has 0 aliphatic carbocycles. The van der Waals surface area contributed by atoms with Crippen LogP contribution in [0.5, 0.6) is 11.5 Å². The molecule has 0 bridgehead atoms. The Bertz CT molecular complexity index is 416. The van der Waals surface area contributed by atoms with Crippen LogP contribution in [0.3, 0.4) is 0 Å². The molecule has 0 saturated heterocycles. The summed E-state index contributed by atoms with van der Waals surface area (Å²) in [5, 5.41) is 10.7. The van der Waals surface area contributed by atoms with E-state index in [2.05, 4.69) is 6.58 Å². The van der Waals surface area contributed by atoms with Crippen molar-refractivity contribution < 1.29 is 14.4 Å². The molecule has 0 amide bonds. The molecular weight excluding hydrogens is 198 g/mol. The third kappa shape index (κ3) is 1.63. The van der Waals surface area contributed by atoms with Crippen LogP contribution in [0.1, 0.15) is 0 Å². The molecule has 1 aromatic rings. The number of nitro benzene ring substituents is 1. The van der Waals surface area contributed by atoms with Crippen molar-refractivity contribution in [3.63, 3.8) is 0 Å². The van der Waals surface area contributed by atoms with Crippen LogP contribution < -0.4 is 9.47 Å². The van der Waals surface area contributed by atoms with Gasteiger partial charge in [-0.15, -0.1) is 0 Å². The highest BCUT2D eigenvalue weighted by atomic mass is 16.6. The average Bonchev–Trinajstić information content (AvgIpc) is 2.27. The van der Waals surface area contributed by atoms with Gasteiger partial charge in [0.15, 0.2) is 11.9 Å². The van der Waals surface area contributed by atoms with Crippen molar-refractivity contribution in [1.82, 2.24) is 0 Å². The molecule has 15 heavy (non-hydrogen) atoms. The first-order valence-corrected chi connectivity index (χ1v) is 4.42. The Morgan fingerprint density at radius 3 is 3.07 bits per heavy atom. The van der Waals surface area contributed by atoms with Crippen molar-refractivity contribution in [2.45, 2.75) is 6.10 Å². The lowest BCUT2D eigenvalue weighted by Crippen LogP contribution is -2.27. The molecule has 0 spiro atoms. The Labute approximate surface area is 86.1 Å². The summed E-state index contributed by atoms with van der Waals surface area (Å²) in [6.45, 7) is 3.89. The van der Waals surface area contributed by atoms with Crippen molar-refractivity contribution >= 4 is 5.69 Å². The number of hydrogen-bond acceptors (Lipinski definition) is 4. The van der Waals surface area contributed by atoms with E-state index in [4.69, 9.17) is 9.47 Å². The summed E-state index contributed by atoms with van der Waals surface area (Å²) < 4.78 is 10.7. The van der Waals surface area contributed by atoms with Crippen LogP contribution in [-0.4, -0.2) is 17.6 Å². The number of nitrogens with zero attached hydrogens (tertiary/aromatic N) is 1. The molecule has 0 N–H and O–H groups in total. The second-order valence-corrected chi connectivity index (χ2v) is 3.06. The highest BCUT2D eigenvalue weighted by Gasteiger charge is 2.26. The van der Waals surface area contributed by atoms with E-state index in [0.717, 1.165) is 0 Å². The summed E-state index contributed by atoms with van der Waals surface area (Å²) in [5.41, 5.74) is -0.0842. The molecule has 1 heterocycles. The monoisotopic (exact) mass is 207 g/mol. The molecule has 0 fully saturated rings. The van der Waals surface area contributed by atoms with Crippen LogP contribution in [-0.2, 0) is 0 Å². The topological polar surface area (TPSA) is 61.6 Å². The van der Waals surface area contributed by atoms with Crippen molar-refractivity contribution in [3.8, 4) is 11.5 Å². The highest BCUT2D eigenvalue weighted by Crippen LogP contribution is 2.39. The first kappa shape index (κ1) is 9.51. The molecule has 0 aromatic heterocycles. The van der Waals surface area contributed by atoms with Gasteiger partial charge in [-0.2, -0.15) is 0 Å². The maximum Gasteiger partial charge on any atom is 0.314 e. The van der Waals surface area contributed by atoms with Gasteiger partial charge in [0.05, 0.1) is 4.92 Å². The summed E-state index contributed by atoms with van der Waals surface area (Å²) in [7, 11) is 0. The molecule has 1 unspecified atom stereocenters. The second kappa shape index (κ2) is 3.61. The van der Waals surface area contributed by atoms with Crippen LogP contribution in [0.15, 0.2) is 30.9 Å². The van der Waals surface area contributed by atoms with Gasteiger partial charge in [0.1, 0.15) is 6.61 Å². The lowest BCUT2D eigenvalue weighted by Gasteiger charge is -2.23. The van der Waals surface area contributed by atoms with E-state index in [0.29, 0.717) is 12.4 Å². The zero-order valence-electron chi connectivity index (χ0n) is 7.88. The molecule has 1 aliphatic rings. The van der Waals surface area contributed by atoms with Gasteiger partial charge in [-0.25, -0.2) is 0 Å². The van der Waals surface area contributed by atoms with Crippen LogP contribution in [0, 0.1) is 10.1 Å². The number of nitro groups is 1. The molecule has 1 aliphatic heterocycles. The SMILES string of the molecule is C=CC1COc2cccc([N+](=O)[O-])c2O1. The van der Waals surface area contributed by atoms with Crippen LogP contribution >= 0.6 is 0 Å². The fourth-order valence-electron chi connectivity index (χ4n) is 1.35. The third-order valence-electron chi connectivity index (χ3n) is 2.09. The molecule has 5 nitrogen and oxygen atoms in total. The van der Waals surface area contributed by atoms with Gasteiger partial charge < -0.3 is 9.47 Å². The average molecular weight is 207 g/mol. The minimum atomic E-state index is -0.492. The van der Waals surface area contributed by atoms with Crippen molar-refractivity contribution in [1.29, 1.82) is 0 Å². The van der Waals surface area contributed by atoms with E-state index in [1.807, 2.05) is 0 Å². The second-order valence-electron chi connectivity index (χ2n) is 3.06. The summed E-state index contributed by atoms with van der Waals surface area (Å²) in [6.07, 6.45) is 1.22. The lowest BCUT2D eigenvalue weighted by atomic mass is 10.2. The number of rotatable bonds is 2. The fraction of sp³-hybridized carbons (Fsp3) is 0.200. The minimum Gasteiger partial charge on any atom is -0.485 e. The fourth-order valence-corrected chi connectivity index (χ4v) is 1.35. The largest absolute Gasteiger partial charge is 0.485 e. The first-order chi connectivity index (χ1) is 7.22. The summed E-state index contributed by atoms with van der Waals surface area (Å²) in [6, 6.07) is 4.59. The van der Waals surface area contributed by atoms with E-state index >= 15 is 0 Å². The molecule has 1 atom stereocenters. The number of benzene rings is 1. The Hall–Kier alpha value is -2.04. The summed E-state index contributed by atoms with van der Waals surface area (Å²) in [4.78, 5) is 10.2. The Morgan fingerprint density at radius 1 is 1.60 bits per heavy atom. The van der Waals surface area contributed by atoms with Gasteiger partial charge in [0.2, 0.25) is 5.75 Å². The van der Waals surface area contributed by atoms with E-state index in [9.17, 15) is 10.1 Å². The summed E-state index contributed by atoms with van der Waals surface area (Å²) >= 11 is 0. The van der Waals surface area contributed by atoms with E-state index in [-0.39, 0.29) is 17.5 Å². The molecule has 0 radical (unpaired) electrons. The smallest absolute Gasteiger partial charge is 0.314 e. The van der Waals surface area contributed by atoms with Gasteiger partial charge in [-0.05, 0) is 12.1 Å². The van der Waals surface area contributed by atoms with Gasteiger partial charge >= 0.3 is 5.69 Å². The van der Waals surface area contributed by atoms with E-state index in [1.54, 1.807) is 18.2 Å². The van der Waals surface area contributed by atoms with Crippen molar-refractivity contribution in [2.75, 3.05) is 6.61 Å². The zero-order chi connectivity index (χ0) is 10.8. The van der Waals surface area contributed by atoms with Crippen LogP contribution in [0.25, 0.3) is 0 Å². The molecule has 1 aromatic carbocycles. The predicted molar refractivity (Wildman–Crippen MR) is 53.2 cm³/mol. The maximum atomic E-state index is 10.7. The minimum absolute atomic E-state index is 0.0842. The van der Waals surface area contributed by atoms with E-state index in [1.165, 1.54) is 6.07 Å². The Morgan fingerprint density at radius 2 is 2.40 bits per heavy atom. The van der Waals surface area contributed by atoms with Gasteiger partial charge in [-0.3, -0.25) is 10.1 Å². The van der Waals surface area contributed by atoms with E-state index < -0.39 is 4.92 Å². The van der Waals surface area contributed by atoms with Gasteiger partial charge in [-0.1, -0.05) is 12.6 Å². The molecule has 5 heteroatoms. The van der Waals surface area contributed by atoms with Crippen LogP contribution in [0.4, 0.5) is 5.69 Å². The number of para-hydroxylation sites is 1. The first-order valence-electron chi connectivity index (χ1n) is 4.42. The lowest BCUT2D eigenvalue weighted by molar-refractivity contribution is -0.386. The summed E-state index contributed by atoms with van der Waals surface area (Å²) in [5.74, 6) is 0.584. The number of ether oxygens (including phenoxy) is 2. The maximum absolute atomic E-state index is 10.7. The third-order valence-corrected chi connectivity index (χ3v) is 2.09.